The van der Waals surface area contributed by atoms with Crippen LogP contribution in [0.3, 0.4) is 0 Å². The van der Waals surface area contributed by atoms with E-state index < -0.39 is 6.04 Å². The molecule has 4 aromatic rings. The number of carbonyl (C=O) groups excluding carboxylic acids is 3. The molecule has 1 heterocycles. The maximum atomic E-state index is 14.0. The molecule has 1 N–H and O–H groups in total. The highest BCUT2D eigenvalue weighted by molar-refractivity contribution is 9.10. The molecule has 0 saturated heterocycles. The molecule has 0 fully saturated rings. The van der Waals surface area contributed by atoms with Gasteiger partial charge in [0.1, 0.15) is 12.6 Å². The molecule has 0 unspecified atom stereocenters. The van der Waals surface area contributed by atoms with Crippen molar-refractivity contribution in [2.75, 3.05) is 18.5 Å². The number of amides is 3. The fourth-order valence-electron chi connectivity index (χ4n) is 4.87. The number of likely N-dealkylation sites (N-methyl/N-ethyl adjacent to an activating group) is 1. The van der Waals surface area contributed by atoms with Gasteiger partial charge in [-0.25, -0.2) is 0 Å². The molecule has 1 atom stereocenters. The Balaban J connectivity index is 1.50. The van der Waals surface area contributed by atoms with Gasteiger partial charge in [-0.2, -0.15) is 0 Å². The maximum Gasteiger partial charge on any atom is 0.259 e. The fourth-order valence-corrected chi connectivity index (χ4v) is 5.13. The van der Waals surface area contributed by atoms with Crippen molar-refractivity contribution < 1.29 is 14.4 Å². The molecule has 7 heteroatoms. The fraction of sp³-hybridized carbons (Fsp3) is 0.167. The van der Waals surface area contributed by atoms with Crippen molar-refractivity contribution in [3.63, 3.8) is 0 Å². The predicted octanol–water partition coefficient (Wildman–Crippen LogP) is 4.95. The lowest BCUT2D eigenvalue weighted by Crippen LogP contribution is -2.52. The van der Waals surface area contributed by atoms with Crippen LogP contribution in [0.5, 0.6) is 0 Å². The van der Waals surface area contributed by atoms with Crippen molar-refractivity contribution in [1.29, 1.82) is 0 Å². The average Bonchev–Trinajstić information content (AvgIpc) is 3.19. The Labute approximate surface area is 224 Å². The summed E-state index contributed by atoms with van der Waals surface area (Å²) in [5.41, 5.74) is 3.14. The molecular formula is C30H26BrN3O3. The van der Waals surface area contributed by atoms with Gasteiger partial charge >= 0.3 is 0 Å². The van der Waals surface area contributed by atoms with Gasteiger partial charge in [0.25, 0.3) is 5.91 Å². The van der Waals surface area contributed by atoms with Crippen LogP contribution in [-0.2, 0) is 22.6 Å². The van der Waals surface area contributed by atoms with Crippen LogP contribution in [0.1, 0.15) is 21.5 Å². The zero-order valence-electron chi connectivity index (χ0n) is 20.4. The summed E-state index contributed by atoms with van der Waals surface area (Å²) in [4.78, 5) is 43.6. The first kappa shape index (κ1) is 24.7. The summed E-state index contributed by atoms with van der Waals surface area (Å²) < 4.78 is 0.926. The molecule has 0 spiro atoms. The number of carbonyl (C=O) groups is 3. The number of rotatable bonds is 8. The number of halogens is 1. The minimum absolute atomic E-state index is 0.161. The quantitative estimate of drug-likeness (QED) is 0.334. The summed E-state index contributed by atoms with van der Waals surface area (Å²) in [5, 5.41) is 4.54. The second-order valence-corrected chi connectivity index (χ2v) is 9.96. The van der Waals surface area contributed by atoms with Crippen LogP contribution in [0.2, 0.25) is 0 Å². The van der Waals surface area contributed by atoms with E-state index in [1.165, 1.54) is 4.90 Å². The predicted molar refractivity (Wildman–Crippen MR) is 148 cm³/mol. The van der Waals surface area contributed by atoms with Gasteiger partial charge in [-0.1, -0.05) is 82.7 Å². The van der Waals surface area contributed by atoms with Crippen LogP contribution in [0.4, 0.5) is 5.69 Å². The maximum absolute atomic E-state index is 14.0. The average molecular weight is 556 g/mol. The number of hydrogen-bond acceptors (Lipinski definition) is 3. The largest absolute Gasteiger partial charge is 0.357 e. The van der Waals surface area contributed by atoms with E-state index in [1.807, 2.05) is 84.9 Å². The van der Waals surface area contributed by atoms with Crippen molar-refractivity contribution in [3.8, 4) is 0 Å². The molecule has 37 heavy (non-hydrogen) atoms. The zero-order chi connectivity index (χ0) is 25.9. The first-order chi connectivity index (χ1) is 18.0. The summed E-state index contributed by atoms with van der Waals surface area (Å²) in [5.74, 6) is -0.763. The number of anilines is 1. The Morgan fingerprint density at radius 2 is 1.59 bits per heavy atom. The van der Waals surface area contributed by atoms with E-state index >= 15 is 0 Å². The van der Waals surface area contributed by atoms with Crippen LogP contribution < -0.4 is 10.2 Å². The summed E-state index contributed by atoms with van der Waals surface area (Å²) in [6.45, 7) is 0.0711. The van der Waals surface area contributed by atoms with Gasteiger partial charge in [0, 0.05) is 35.4 Å². The highest BCUT2D eigenvalue weighted by Crippen LogP contribution is 2.37. The smallest absolute Gasteiger partial charge is 0.259 e. The second kappa shape index (κ2) is 10.6. The summed E-state index contributed by atoms with van der Waals surface area (Å²) in [7, 11) is 1.57. The first-order valence-electron chi connectivity index (χ1n) is 12.1. The van der Waals surface area contributed by atoms with E-state index in [9.17, 15) is 14.4 Å². The second-order valence-electron chi connectivity index (χ2n) is 9.04. The van der Waals surface area contributed by atoms with E-state index in [-0.39, 0.29) is 30.8 Å². The Bertz CT molecular complexity index is 1470. The molecule has 3 amide bonds. The minimum atomic E-state index is -0.751. The van der Waals surface area contributed by atoms with Gasteiger partial charge in [-0.05, 0) is 40.8 Å². The van der Waals surface area contributed by atoms with E-state index in [1.54, 1.807) is 18.0 Å². The lowest BCUT2D eigenvalue weighted by molar-refractivity contribution is -0.140. The highest BCUT2D eigenvalue weighted by atomic mass is 79.9. The van der Waals surface area contributed by atoms with Gasteiger partial charge in [0.15, 0.2) is 0 Å². The summed E-state index contributed by atoms with van der Waals surface area (Å²) in [6, 6.07) is 27.9. The molecule has 0 bridgehead atoms. The molecule has 0 aromatic heterocycles. The van der Waals surface area contributed by atoms with E-state index in [0.29, 0.717) is 12.0 Å². The third-order valence-electron chi connectivity index (χ3n) is 6.73. The van der Waals surface area contributed by atoms with Crippen LogP contribution in [0.15, 0.2) is 95.5 Å². The molecule has 0 radical (unpaired) electrons. The van der Waals surface area contributed by atoms with Gasteiger partial charge in [-0.3, -0.25) is 19.3 Å². The Morgan fingerprint density at radius 1 is 0.892 bits per heavy atom. The first-order valence-corrected chi connectivity index (χ1v) is 12.9. The number of nitrogens with one attached hydrogen (secondary N) is 1. The molecule has 0 saturated carbocycles. The van der Waals surface area contributed by atoms with Gasteiger partial charge in [0.05, 0.1) is 5.69 Å². The van der Waals surface area contributed by atoms with Crippen molar-refractivity contribution in [2.24, 2.45) is 0 Å². The summed E-state index contributed by atoms with van der Waals surface area (Å²) >= 11 is 3.45. The molecule has 0 aliphatic carbocycles. The van der Waals surface area contributed by atoms with Crippen molar-refractivity contribution in [3.05, 3.63) is 112 Å². The van der Waals surface area contributed by atoms with E-state index in [2.05, 4.69) is 21.2 Å². The monoisotopic (exact) mass is 555 g/mol. The molecule has 5 rings (SSSR count). The number of hydrogen-bond donors (Lipinski definition) is 1. The Hall–Kier alpha value is -3.97. The molecule has 1 aliphatic rings. The van der Waals surface area contributed by atoms with E-state index in [0.717, 1.165) is 32.1 Å². The number of benzene rings is 4. The molecule has 1 aliphatic heterocycles. The minimum Gasteiger partial charge on any atom is -0.357 e. The normalized spacial score (nSPS) is 13.0. The van der Waals surface area contributed by atoms with Gasteiger partial charge in [0.2, 0.25) is 11.8 Å². The topological polar surface area (TPSA) is 69.7 Å². The lowest BCUT2D eigenvalue weighted by atomic mass is 10.0. The third kappa shape index (κ3) is 5.00. The van der Waals surface area contributed by atoms with Crippen LogP contribution in [0, 0.1) is 0 Å². The molecule has 186 valence electrons. The van der Waals surface area contributed by atoms with Crippen LogP contribution >= 0.6 is 15.9 Å². The van der Waals surface area contributed by atoms with E-state index in [4.69, 9.17) is 0 Å². The standard InChI is InChI=1S/C30H26BrN3O3/c1-32-29(36)26(17-20-7-3-2-4-8-20)33(18-21-13-15-23(31)16-14-21)27(35)19-34-25-12-6-10-22-9-5-11-24(28(22)25)30(34)37/h2-16,26H,17-19H2,1H3,(H,32,36)/t26-/m0/s1. The SMILES string of the molecule is CNC(=O)[C@H](Cc1ccccc1)N(Cc1ccc(Br)cc1)C(=O)CN1C(=O)c2cccc3cccc1c23. The molecular weight excluding hydrogens is 530 g/mol. The zero-order valence-corrected chi connectivity index (χ0v) is 21.9. The van der Waals surface area contributed by atoms with Gasteiger partial charge in [-0.15, -0.1) is 0 Å². The molecule has 4 aromatic carbocycles. The van der Waals surface area contributed by atoms with Crippen molar-refractivity contribution >= 4 is 50.1 Å². The third-order valence-corrected chi connectivity index (χ3v) is 7.25. The summed E-state index contributed by atoms with van der Waals surface area (Å²) in [6.07, 6.45) is 0.354. The highest BCUT2D eigenvalue weighted by Gasteiger charge is 2.35. The Morgan fingerprint density at radius 3 is 2.30 bits per heavy atom. The molecule has 6 nitrogen and oxygen atoms in total. The number of nitrogens with zero attached hydrogens (tertiary/aromatic N) is 2. The van der Waals surface area contributed by atoms with Crippen LogP contribution in [-0.4, -0.2) is 42.3 Å². The Kier molecular flexibility index (Phi) is 7.06. The van der Waals surface area contributed by atoms with Gasteiger partial charge < -0.3 is 10.2 Å². The van der Waals surface area contributed by atoms with Crippen molar-refractivity contribution in [2.45, 2.75) is 19.0 Å². The van der Waals surface area contributed by atoms with Crippen molar-refractivity contribution in [1.82, 2.24) is 10.2 Å². The van der Waals surface area contributed by atoms with Crippen LogP contribution in [0.25, 0.3) is 10.8 Å². The lowest BCUT2D eigenvalue weighted by Gasteiger charge is -2.32.